The first-order valence-corrected chi connectivity index (χ1v) is 6.91. The summed E-state index contributed by atoms with van der Waals surface area (Å²) in [4.78, 5) is 22.7. The predicted molar refractivity (Wildman–Crippen MR) is 80.8 cm³/mol. The van der Waals surface area contributed by atoms with Gasteiger partial charge in [0.15, 0.2) is 0 Å². The van der Waals surface area contributed by atoms with Gasteiger partial charge in [-0.15, -0.1) is 0 Å². The lowest BCUT2D eigenvalue weighted by Crippen LogP contribution is -2.35. The van der Waals surface area contributed by atoms with E-state index in [1.165, 1.54) is 7.11 Å². The van der Waals surface area contributed by atoms with Crippen molar-refractivity contribution in [2.24, 2.45) is 0 Å². The maximum Gasteiger partial charge on any atom is 0.408 e. The van der Waals surface area contributed by atoms with E-state index in [1.54, 1.807) is 39.0 Å². The average Bonchev–Trinajstić information content (AvgIpc) is 2.36. The van der Waals surface area contributed by atoms with Crippen LogP contribution in [0.2, 0.25) is 5.02 Å². The summed E-state index contributed by atoms with van der Waals surface area (Å²) in [7, 11) is 1.50. The van der Waals surface area contributed by atoms with E-state index in [9.17, 15) is 9.59 Å². The molecule has 0 aliphatic heterocycles. The van der Waals surface area contributed by atoms with Crippen LogP contribution in [0.5, 0.6) is 5.75 Å². The van der Waals surface area contributed by atoms with Crippen molar-refractivity contribution in [2.75, 3.05) is 7.11 Å². The number of aldehydes is 1. The van der Waals surface area contributed by atoms with E-state index in [2.05, 4.69) is 5.32 Å². The van der Waals surface area contributed by atoms with Crippen molar-refractivity contribution in [3.63, 3.8) is 0 Å². The van der Waals surface area contributed by atoms with Crippen LogP contribution in [0.1, 0.15) is 38.8 Å². The van der Waals surface area contributed by atoms with Crippen molar-refractivity contribution < 1.29 is 19.1 Å². The first-order chi connectivity index (χ1) is 9.76. The van der Waals surface area contributed by atoms with Crippen LogP contribution in [-0.2, 0) is 9.53 Å². The molecule has 0 aliphatic carbocycles. The zero-order valence-corrected chi connectivity index (χ0v) is 13.4. The van der Waals surface area contributed by atoms with Crippen LogP contribution in [0.25, 0.3) is 0 Å². The Morgan fingerprint density at radius 1 is 1.43 bits per heavy atom. The number of hydrogen-bond acceptors (Lipinski definition) is 4. The van der Waals surface area contributed by atoms with Gasteiger partial charge in [0.05, 0.1) is 18.2 Å². The topological polar surface area (TPSA) is 64.6 Å². The SMILES string of the molecule is COc1cc([C@@H](CC=O)NC(=O)OC(C)(C)C)ccc1Cl. The molecule has 0 fully saturated rings. The van der Waals surface area contributed by atoms with Crippen molar-refractivity contribution in [3.8, 4) is 5.75 Å². The Hall–Kier alpha value is -1.75. The van der Waals surface area contributed by atoms with Crippen LogP contribution in [-0.4, -0.2) is 25.1 Å². The summed E-state index contributed by atoms with van der Waals surface area (Å²) in [5.41, 5.74) is 0.113. The summed E-state index contributed by atoms with van der Waals surface area (Å²) in [6.07, 6.45) is 0.288. The highest BCUT2D eigenvalue weighted by molar-refractivity contribution is 6.32. The molecule has 0 spiro atoms. The molecule has 1 N–H and O–H groups in total. The van der Waals surface area contributed by atoms with Gasteiger partial charge in [0.2, 0.25) is 0 Å². The highest BCUT2D eigenvalue weighted by atomic mass is 35.5. The van der Waals surface area contributed by atoms with Crippen LogP contribution in [0, 0.1) is 0 Å². The summed E-state index contributed by atoms with van der Waals surface area (Å²) in [5, 5.41) is 3.13. The molecule has 0 heterocycles. The van der Waals surface area contributed by atoms with Gasteiger partial charge in [-0.3, -0.25) is 0 Å². The van der Waals surface area contributed by atoms with E-state index in [1.807, 2.05) is 0 Å². The van der Waals surface area contributed by atoms with Gasteiger partial charge in [-0.05, 0) is 38.5 Å². The van der Waals surface area contributed by atoms with Crippen LogP contribution in [0.4, 0.5) is 4.79 Å². The smallest absolute Gasteiger partial charge is 0.408 e. The number of rotatable bonds is 5. The maximum absolute atomic E-state index is 11.8. The number of carbonyl (C=O) groups excluding carboxylic acids is 2. The minimum absolute atomic E-state index is 0.129. The van der Waals surface area contributed by atoms with Crippen LogP contribution < -0.4 is 10.1 Å². The summed E-state index contributed by atoms with van der Waals surface area (Å²) in [6.45, 7) is 5.31. The van der Waals surface area contributed by atoms with Gasteiger partial charge in [0, 0.05) is 6.42 Å². The largest absolute Gasteiger partial charge is 0.495 e. The number of nitrogens with one attached hydrogen (secondary N) is 1. The van der Waals surface area contributed by atoms with Crippen molar-refractivity contribution in [1.82, 2.24) is 5.32 Å². The molecule has 5 nitrogen and oxygen atoms in total. The lowest BCUT2D eigenvalue weighted by atomic mass is 10.0. The Labute approximate surface area is 129 Å². The number of hydrogen-bond donors (Lipinski definition) is 1. The van der Waals surface area contributed by atoms with E-state index in [0.717, 1.165) is 6.29 Å². The molecule has 21 heavy (non-hydrogen) atoms. The number of methoxy groups -OCH3 is 1. The molecule has 0 saturated carbocycles. The van der Waals surface area contributed by atoms with E-state index in [-0.39, 0.29) is 6.42 Å². The third kappa shape index (κ3) is 5.63. The fourth-order valence-electron chi connectivity index (χ4n) is 1.72. The average molecular weight is 314 g/mol. The summed E-state index contributed by atoms with van der Waals surface area (Å²) >= 11 is 5.96. The van der Waals surface area contributed by atoms with Gasteiger partial charge in [-0.25, -0.2) is 4.79 Å². The molecule has 1 rings (SSSR count). The molecule has 1 aromatic carbocycles. The Morgan fingerprint density at radius 2 is 2.10 bits per heavy atom. The monoisotopic (exact) mass is 313 g/mol. The van der Waals surface area contributed by atoms with Crippen molar-refractivity contribution in [1.29, 1.82) is 0 Å². The number of amides is 1. The first kappa shape index (κ1) is 17.3. The number of benzene rings is 1. The molecule has 116 valence electrons. The number of carbonyl (C=O) groups is 2. The minimum Gasteiger partial charge on any atom is -0.495 e. The zero-order valence-electron chi connectivity index (χ0n) is 12.6. The van der Waals surface area contributed by atoms with E-state index < -0.39 is 17.7 Å². The molecular formula is C15H20ClNO4. The molecule has 0 saturated heterocycles. The highest BCUT2D eigenvalue weighted by Crippen LogP contribution is 2.28. The molecule has 0 unspecified atom stereocenters. The zero-order chi connectivity index (χ0) is 16.0. The summed E-state index contributed by atoms with van der Waals surface area (Å²) < 4.78 is 10.3. The van der Waals surface area contributed by atoms with Crippen molar-refractivity contribution >= 4 is 24.0 Å². The normalized spacial score (nSPS) is 12.4. The standard InChI is InChI=1S/C15H20ClNO4/c1-15(2,3)21-14(19)17-12(7-8-18)10-5-6-11(16)13(9-10)20-4/h5-6,8-9,12H,7H2,1-4H3,(H,17,19)/t12-/m1/s1. The lowest BCUT2D eigenvalue weighted by molar-refractivity contribution is -0.108. The minimum atomic E-state index is -0.604. The van der Waals surface area contributed by atoms with Gasteiger partial charge >= 0.3 is 6.09 Å². The van der Waals surface area contributed by atoms with E-state index in [0.29, 0.717) is 16.3 Å². The summed E-state index contributed by atoms with van der Waals surface area (Å²) in [5.74, 6) is 0.482. The molecule has 1 atom stereocenters. The van der Waals surface area contributed by atoms with Gasteiger partial charge in [0.1, 0.15) is 17.6 Å². The van der Waals surface area contributed by atoms with Crippen LogP contribution >= 0.6 is 11.6 Å². The van der Waals surface area contributed by atoms with Gasteiger partial charge < -0.3 is 19.6 Å². The lowest BCUT2D eigenvalue weighted by Gasteiger charge is -2.23. The van der Waals surface area contributed by atoms with Crippen molar-refractivity contribution in [3.05, 3.63) is 28.8 Å². The third-order valence-corrected chi connectivity index (χ3v) is 2.91. The second kappa shape index (κ2) is 7.31. The molecule has 6 heteroatoms. The Morgan fingerprint density at radius 3 is 2.62 bits per heavy atom. The number of ether oxygens (including phenoxy) is 2. The van der Waals surface area contributed by atoms with Gasteiger partial charge in [-0.1, -0.05) is 17.7 Å². The van der Waals surface area contributed by atoms with Crippen LogP contribution in [0.3, 0.4) is 0 Å². The van der Waals surface area contributed by atoms with Crippen molar-refractivity contribution in [2.45, 2.75) is 38.8 Å². The maximum atomic E-state index is 11.8. The van der Waals surface area contributed by atoms with E-state index >= 15 is 0 Å². The molecule has 1 amide bonds. The third-order valence-electron chi connectivity index (χ3n) is 2.60. The molecular weight excluding hydrogens is 294 g/mol. The first-order valence-electron chi connectivity index (χ1n) is 6.53. The Balaban J connectivity index is 2.91. The number of alkyl carbamates (subject to hydrolysis) is 1. The van der Waals surface area contributed by atoms with E-state index in [4.69, 9.17) is 21.1 Å². The molecule has 0 aliphatic rings. The van der Waals surface area contributed by atoms with Gasteiger partial charge in [0.25, 0.3) is 0 Å². The Bertz CT molecular complexity index is 511. The van der Waals surface area contributed by atoms with Gasteiger partial charge in [-0.2, -0.15) is 0 Å². The molecule has 0 aromatic heterocycles. The predicted octanol–water partition coefficient (Wildman–Crippen LogP) is 3.50. The quantitative estimate of drug-likeness (QED) is 0.845. The van der Waals surface area contributed by atoms with Crippen LogP contribution in [0.15, 0.2) is 18.2 Å². The Kier molecular flexibility index (Phi) is 6.03. The summed E-state index contributed by atoms with van der Waals surface area (Å²) in [6, 6.07) is 4.58. The number of halogens is 1. The fourth-order valence-corrected chi connectivity index (χ4v) is 1.91. The fraction of sp³-hybridized carbons (Fsp3) is 0.467. The molecule has 0 radical (unpaired) electrons. The molecule has 1 aromatic rings. The second-order valence-electron chi connectivity index (χ2n) is 5.50. The molecule has 0 bridgehead atoms. The second-order valence-corrected chi connectivity index (χ2v) is 5.90. The highest BCUT2D eigenvalue weighted by Gasteiger charge is 2.21.